The second-order valence-electron chi connectivity index (χ2n) is 11.2. The smallest absolute Gasteiger partial charge is 0.158 e. The van der Waals surface area contributed by atoms with E-state index in [1.165, 1.54) is 37.7 Å². The quantitative estimate of drug-likeness (QED) is 0.406. The van der Waals surface area contributed by atoms with Gasteiger partial charge in [0.15, 0.2) is 5.78 Å². The summed E-state index contributed by atoms with van der Waals surface area (Å²) >= 11 is 0. The van der Waals surface area contributed by atoms with Crippen molar-refractivity contribution >= 4 is 5.78 Å². The number of hydrogen-bond acceptors (Lipinski definition) is 3. The first kappa shape index (κ1) is 23.7. The van der Waals surface area contributed by atoms with E-state index in [9.17, 15) is 15.0 Å². The number of ketones is 1. The van der Waals surface area contributed by atoms with Gasteiger partial charge in [-0.05, 0) is 97.7 Å². The topological polar surface area (TPSA) is 57.5 Å². The molecule has 6 atom stereocenters. The third kappa shape index (κ3) is 4.75. The van der Waals surface area contributed by atoms with Crippen LogP contribution in [0, 0.1) is 23.2 Å². The van der Waals surface area contributed by atoms with E-state index in [1.54, 1.807) is 0 Å². The molecular weight excluding hydrogens is 396 g/mol. The van der Waals surface area contributed by atoms with Crippen molar-refractivity contribution in [3.05, 3.63) is 47.1 Å². The van der Waals surface area contributed by atoms with Crippen LogP contribution in [0.4, 0.5) is 0 Å². The van der Waals surface area contributed by atoms with Crippen LogP contribution in [-0.2, 0) is 4.79 Å². The summed E-state index contributed by atoms with van der Waals surface area (Å²) < 4.78 is 0. The molecule has 4 rings (SSSR count). The molecule has 3 heteroatoms. The first-order valence-electron chi connectivity index (χ1n) is 13.0. The lowest BCUT2D eigenvalue weighted by Gasteiger charge is -2.44. The fourth-order valence-electron chi connectivity index (χ4n) is 7.30. The van der Waals surface area contributed by atoms with Gasteiger partial charge >= 0.3 is 0 Å². The molecule has 0 aromatic heterocycles. The number of aliphatic hydroxyl groups is 2. The molecule has 0 bridgehead atoms. The zero-order valence-corrected chi connectivity index (χ0v) is 20.1. The maximum atomic E-state index is 12.6. The number of aliphatic hydroxyl groups excluding tert-OH is 2. The lowest BCUT2D eigenvalue weighted by Crippen LogP contribution is -2.35. The van der Waals surface area contributed by atoms with E-state index < -0.39 is 12.2 Å². The number of Topliss-reactive ketones (excluding diaryl/α,β-unsaturated/α-hetero) is 1. The second kappa shape index (κ2) is 9.81. The average molecular weight is 439 g/mol. The summed E-state index contributed by atoms with van der Waals surface area (Å²) in [5, 5.41) is 20.2. The van der Waals surface area contributed by atoms with Gasteiger partial charge in [0.25, 0.3) is 0 Å². The molecule has 0 saturated heterocycles. The molecule has 4 saturated carbocycles. The Bertz CT molecular complexity index is 831. The Labute approximate surface area is 194 Å². The normalized spacial score (nSPS) is 41.2. The van der Waals surface area contributed by atoms with Crippen LogP contribution in [-0.4, -0.2) is 28.2 Å². The van der Waals surface area contributed by atoms with E-state index in [1.807, 2.05) is 0 Å². The lowest BCUT2D eigenvalue weighted by molar-refractivity contribution is -0.115. The Hall–Kier alpha value is -1.45. The highest BCUT2D eigenvalue weighted by atomic mass is 16.3. The van der Waals surface area contributed by atoms with Crippen molar-refractivity contribution in [2.75, 3.05) is 0 Å². The minimum absolute atomic E-state index is 0.287. The summed E-state index contributed by atoms with van der Waals surface area (Å²) in [6.45, 7) is 8.90. The number of rotatable bonds is 3. The standard InChI is InChI=1S/C29H42O3/c1-19(16-23-8-5-4-6-10-27(23)31)25-13-14-26-21(9-7-15-29(25,26)3)11-12-22-17-24(30)18-28(32)20(22)2/h11-12,16,19,24-26,28,30,32H,2,4-10,13-15,17-18H2,1,3H3/b21-11+,22-12-,23-16-/t19-,24-,25-,26+,28+,29-/m1/s1. The number of fused-ring (bicyclic) bond motifs is 1. The minimum atomic E-state index is -0.628. The highest BCUT2D eigenvalue weighted by Crippen LogP contribution is 2.59. The van der Waals surface area contributed by atoms with Gasteiger partial charge in [0.2, 0.25) is 0 Å². The van der Waals surface area contributed by atoms with Gasteiger partial charge < -0.3 is 10.2 Å². The highest BCUT2D eigenvalue weighted by molar-refractivity contribution is 5.95. The van der Waals surface area contributed by atoms with Crippen LogP contribution in [0.15, 0.2) is 47.1 Å². The Morgan fingerprint density at radius 3 is 2.62 bits per heavy atom. The number of carbonyl (C=O) groups is 1. The third-order valence-corrected chi connectivity index (χ3v) is 9.11. The number of allylic oxidation sites excluding steroid dienone is 5. The van der Waals surface area contributed by atoms with Crippen molar-refractivity contribution in [3.8, 4) is 0 Å². The Morgan fingerprint density at radius 2 is 1.81 bits per heavy atom. The Morgan fingerprint density at radius 1 is 1.03 bits per heavy atom. The van der Waals surface area contributed by atoms with Crippen molar-refractivity contribution in [2.24, 2.45) is 23.2 Å². The van der Waals surface area contributed by atoms with Crippen LogP contribution < -0.4 is 0 Å². The number of carbonyl (C=O) groups excluding carboxylic acids is 1. The molecule has 0 unspecified atom stereocenters. The molecule has 0 aliphatic heterocycles. The summed E-state index contributed by atoms with van der Waals surface area (Å²) in [5.74, 6) is 2.06. The van der Waals surface area contributed by atoms with Crippen molar-refractivity contribution in [3.63, 3.8) is 0 Å². The fraction of sp³-hybridized carbons (Fsp3) is 0.690. The van der Waals surface area contributed by atoms with Crippen LogP contribution in [0.2, 0.25) is 0 Å². The van der Waals surface area contributed by atoms with E-state index in [0.717, 1.165) is 48.8 Å². The van der Waals surface area contributed by atoms with Crippen LogP contribution >= 0.6 is 0 Å². The summed E-state index contributed by atoms with van der Waals surface area (Å²) in [7, 11) is 0. The van der Waals surface area contributed by atoms with Gasteiger partial charge in [0.1, 0.15) is 0 Å². The van der Waals surface area contributed by atoms with Gasteiger partial charge in [0.05, 0.1) is 12.2 Å². The van der Waals surface area contributed by atoms with E-state index in [2.05, 4.69) is 38.7 Å². The van der Waals surface area contributed by atoms with E-state index in [-0.39, 0.29) is 5.41 Å². The molecular formula is C29H42O3. The van der Waals surface area contributed by atoms with Crippen LogP contribution in [0.5, 0.6) is 0 Å². The SMILES string of the molecule is C=C1/C(=C\C=C2/CCC[C@]3(C)[C@@H]([C@H](C)/C=C4/CCCCCC4=O)CC[C@@H]23)C[C@@H](O)C[C@@H]1O. The van der Waals surface area contributed by atoms with Gasteiger partial charge in [-0.3, -0.25) is 4.79 Å². The molecule has 0 aromatic carbocycles. The van der Waals surface area contributed by atoms with Gasteiger partial charge in [-0.25, -0.2) is 0 Å². The van der Waals surface area contributed by atoms with Crippen molar-refractivity contribution in [1.82, 2.24) is 0 Å². The zero-order valence-electron chi connectivity index (χ0n) is 20.1. The zero-order chi connectivity index (χ0) is 22.9. The van der Waals surface area contributed by atoms with Gasteiger partial charge in [-0.1, -0.05) is 50.6 Å². The maximum absolute atomic E-state index is 12.6. The molecule has 0 heterocycles. The molecule has 0 aromatic rings. The van der Waals surface area contributed by atoms with Crippen LogP contribution in [0.25, 0.3) is 0 Å². The molecule has 0 amide bonds. The summed E-state index contributed by atoms with van der Waals surface area (Å²) in [4.78, 5) is 12.6. The van der Waals surface area contributed by atoms with Crippen LogP contribution in [0.3, 0.4) is 0 Å². The van der Waals surface area contributed by atoms with Crippen molar-refractivity contribution in [2.45, 2.75) is 103 Å². The summed E-state index contributed by atoms with van der Waals surface area (Å²) in [6.07, 6.45) is 17.8. The summed E-state index contributed by atoms with van der Waals surface area (Å²) in [6, 6.07) is 0. The average Bonchev–Trinajstić information content (AvgIpc) is 2.99. The van der Waals surface area contributed by atoms with Gasteiger partial charge in [0, 0.05) is 12.8 Å². The molecule has 4 fully saturated rings. The third-order valence-electron chi connectivity index (χ3n) is 9.11. The predicted octanol–water partition coefficient (Wildman–Crippen LogP) is 6.22. The Kier molecular flexibility index (Phi) is 7.27. The first-order chi connectivity index (χ1) is 15.3. The summed E-state index contributed by atoms with van der Waals surface area (Å²) in [5.41, 5.74) is 4.68. The molecule has 0 spiro atoms. The maximum Gasteiger partial charge on any atom is 0.158 e. The second-order valence-corrected chi connectivity index (χ2v) is 11.2. The predicted molar refractivity (Wildman–Crippen MR) is 130 cm³/mol. The Balaban J connectivity index is 1.53. The van der Waals surface area contributed by atoms with Crippen molar-refractivity contribution < 1.29 is 15.0 Å². The molecule has 3 nitrogen and oxygen atoms in total. The molecule has 176 valence electrons. The lowest BCUT2D eigenvalue weighted by atomic mass is 9.61. The van der Waals surface area contributed by atoms with Crippen molar-refractivity contribution in [1.29, 1.82) is 0 Å². The van der Waals surface area contributed by atoms with E-state index in [4.69, 9.17) is 0 Å². The monoisotopic (exact) mass is 438 g/mol. The van der Waals surface area contributed by atoms with Gasteiger partial charge in [-0.2, -0.15) is 0 Å². The van der Waals surface area contributed by atoms with Gasteiger partial charge in [-0.15, -0.1) is 0 Å². The minimum Gasteiger partial charge on any atom is -0.393 e. The molecule has 4 aliphatic carbocycles. The highest BCUT2D eigenvalue weighted by Gasteiger charge is 2.50. The molecule has 0 radical (unpaired) electrons. The first-order valence-corrected chi connectivity index (χ1v) is 13.0. The molecule has 32 heavy (non-hydrogen) atoms. The largest absolute Gasteiger partial charge is 0.393 e. The molecule has 4 aliphatic rings. The van der Waals surface area contributed by atoms with E-state index in [0.29, 0.717) is 36.4 Å². The molecule has 2 N–H and O–H groups in total. The number of hydrogen-bond donors (Lipinski definition) is 2. The van der Waals surface area contributed by atoms with E-state index >= 15 is 0 Å². The van der Waals surface area contributed by atoms with Crippen LogP contribution in [0.1, 0.15) is 90.9 Å². The fourth-order valence-corrected chi connectivity index (χ4v) is 7.30.